The Kier molecular flexibility index (Phi) is 4.21. The molecule has 1 aliphatic rings. The first-order chi connectivity index (χ1) is 9.72. The molecule has 0 amide bonds. The van der Waals surface area contributed by atoms with Crippen LogP contribution in [0.15, 0.2) is 42.5 Å². The zero-order valence-electron chi connectivity index (χ0n) is 11.4. The Morgan fingerprint density at radius 1 is 1.00 bits per heavy atom. The van der Waals surface area contributed by atoms with E-state index in [1.165, 1.54) is 48.4 Å². The molecule has 20 heavy (non-hydrogen) atoms. The van der Waals surface area contributed by atoms with Crippen LogP contribution in [-0.2, 0) is 19.3 Å². The first-order valence-electron chi connectivity index (χ1n) is 7.22. The van der Waals surface area contributed by atoms with Gasteiger partial charge in [-0.05, 0) is 66.5 Å². The van der Waals surface area contributed by atoms with Crippen molar-refractivity contribution in [2.75, 3.05) is 0 Å². The van der Waals surface area contributed by atoms with E-state index in [-0.39, 0.29) is 10.6 Å². The van der Waals surface area contributed by atoms with Crippen LogP contribution in [0.25, 0.3) is 0 Å². The van der Waals surface area contributed by atoms with Crippen molar-refractivity contribution in [2.45, 2.75) is 36.9 Å². The molecule has 2 aromatic carbocycles. The third-order valence-electron chi connectivity index (χ3n) is 4.04. The van der Waals surface area contributed by atoms with Crippen molar-refractivity contribution in [1.82, 2.24) is 0 Å². The third kappa shape index (κ3) is 3.12. The van der Waals surface area contributed by atoms with Crippen LogP contribution in [0.1, 0.15) is 39.9 Å². The minimum absolute atomic E-state index is 0.160. The summed E-state index contributed by atoms with van der Waals surface area (Å²) in [5.74, 6) is -0.160. The normalized spacial score (nSPS) is 15.7. The van der Waals surface area contributed by atoms with Crippen LogP contribution in [0.5, 0.6) is 0 Å². The highest BCUT2D eigenvalue weighted by Crippen LogP contribution is 2.31. The van der Waals surface area contributed by atoms with Gasteiger partial charge in [0.2, 0.25) is 0 Å². The summed E-state index contributed by atoms with van der Waals surface area (Å²) in [4.78, 5) is 0.247. The van der Waals surface area contributed by atoms with Crippen LogP contribution < -0.4 is 0 Å². The van der Waals surface area contributed by atoms with Gasteiger partial charge in [0.15, 0.2) is 0 Å². The van der Waals surface area contributed by atoms with Gasteiger partial charge in [0.25, 0.3) is 0 Å². The van der Waals surface area contributed by atoms with Gasteiger partial charge in [-0.2, -0.15) is 0 Å². The smallest absolute Gasteiger partial charge is 0.123 e. The average molecular weight is 333 g/mol. The summed E-state index contributed by atoms with van der Waals surface area (Å²) in [7, 11) is 0. The predicted molar refractivity (Wildman–Crippen MR) is 84.9 cm³/mol. The first kappa shape index (κ1) is 13.8. The first-order valence-corrected chi connectivity index (χ1v) is 8.14. The van der Waals surface area contributed by atoms with Gasteiger partial charge in [-0.25, -0.2) is 4.39 Å². The van der Waals surface area contributed by atoms with E-state index in [0.717, 1.165) is 12.0 Å². The highest BCUT2D eigenvalue weighted by molar-refractivity contribution is 9.09. The van der Waals surface area contributed by atoms with E-state index in [0.29, 0.717) is 0 Å². The van der Waals surface area contributed by atoms with E-state index >= 15 is 0 Å². The lowest BCUT2D eigenvalue weighted by Crippen LogP contribution is -2.04. The molecule has 0 aliphatic heterocycles. The van der Waals surface area contributed by atoms with Crippen molar-refractivity contribution < 1.29 is 4.39 Å². The summed E-state index contributed by atoms with van der Waals surface area (Å²) in [5.41, 5.74) is 5.34. The highest BCUT2D eigenvalue weighted by atomic mass is 79.9. The van der Waals surface area contributed by atoms with Crippen molar-refractivity contribution in [1.29, 1.82) is 0 Å². The molecular weight excluding hydrogens is 315 g/mol. The molecule has 2 aromatic rings. The standard InChI is InChI=1S/C18H18BrF/c19-18(11-13-4-3-7-17(20)10-13)16-9-8-14-5-1-2-6-15(14)12-16/h3-4,7-10,12,18H,1-2,5-6,11H2. The van der Waals surface area contributed by atoms with E-state index in [1.807, 2.05) is 6.07 Å². The van der Waals surface area contributed by atoms with Gasteiger partial charge in [-0.3, -0.25) is 0 Å². The molecule has 0 saturated heterocycles. The molecule has 0 radical (unpaired) electrons. The number of hydrogen-bond donors (Lipinski definition) is 0. The number of aryl methyl sites for hydroxylation is 2. The zero-order valence-corrected chi connectivity index (χ0v) is 13.0. The summed E-state index contributed by atoms with van der Waals surface area (Å²) >= 11 is 3.75. The number of alkyl halides is 1. The van der Waals surface area contributed by atoms with Crippen LogP contribution in [0, 0.1) is 5.82 Å². The van der Waals surface area contributed by atoms with Gasteiger partial charge in [0, 0.05) is 4.83 Å². The predicted octanol–water partition coefficient (Wildman–Crippen LogP) is 5.38. The number of fused-ring (bicyclic) bond motifs is 1. The highest BCUT2D eigenvalue weighted by Gasteiger charge is 2.14. The van der Waals surface area contributed by atoms with Crippen molar-refractivity contribution in [3.8, 4) is 0 Å². The quantitative estimate of drug-likeness (QED) is 0.661. The second-order valence-corrected chi connectivity index (χ2v) is 6.64. The molecule has 1 atom stereocenters. The number of hydrogen-bond acceptors (Lipinski definition) is 0. The molecule has 0 spiro atoms. The Labute approximate surface area is 128 Å². The second kappa shape index (κ2) is 6.09. The molecule has 0 N–H and O–H groups in total. The largest absolute Gasteiger partial charge is 0.207 e. The number of rotatable bonds is 3. The SMILES string of the molecule is Fc1cccc(CC(Br)c2ccc3c(c2)CCCC3)c1. The van der Waals surface area contributed by atoms with Crippen molar-refractivity contribution >= 4 is 15.9 Å². The molecule has 0 heterocycles. The van der Waals surface area contributed by atoms with Gasteiger partial charge in [0.1, 0.15) is 5.82 Å². The van der Waals surface area contributed by atoms with Crippen molar-refractivity contribution in [2.24, 2.45) is 0 Å². The Morgan fingerprint density at radius 2 is 1.80 bits per heavy atom. The van der Waals surface area contributed by atoms with E-state index in [9.17, 15) is 4.39 Å². The molecule has 2 heteroatoms. The summed E-state index contributed by atoms with van der Waals surface area (Å²) in [6.45, 7) is 0. The van der Waals surface area contributed by atoms with Crippen LogP contribution in [0.2, 0.25) is 0 Å². The Morgan fingerprint density at radius 3 is 2.60 bits per heavy atom. The maximum absolute atomic E-state index is 13.2. The molecular formula is C18H18BrF. The lowest BCUT2D eigenvalue weighted by molar-refractivity contribution is 0.625. The number of benzene rings is 2. The monoisotopic (exact) mass is 332 g/mol. The minimum atomic E-state index is -0.160. The molecule has 1 unspecified atom stereocenters. The topological polar surface area (TPSA) is 0 Å². The maximum atomic E-state index is 13.2. The van der Waals surface area contributed by atoms with E-state index in [4.69, 9.17) is 0 Å². The summed E-state index contributed by atoms with van der Waals surface area (Å²) in [6, 6.07) is 13.7. The average Bonchev–Trinajstić information content (AvgIpc) is 2.47. The van der Waals surface area contributed by atoms with Crippen molar-refractivity contribution in [3.63, 3.8) is 0 Å². The fourth-order valence-electron chi connectivity index (χ4n) is 2.94. The Hall–Kier alpha value is -1.15. The minimum Gasteiger partial charge on any atom is -0.207 e. The van der Waals surface area contributed by atoms with E-state index in [1.54, 1.807) is 12.1 Å². The number of halogens is 2. The Bertz CT molecular complexity index is 606. The zero-order chi connectivity index (χ0) is 13.9. The lowest BCUT2D eigenvalue weighted by Gasteiger charge is -2.18. The van der Waals surface area contributed by atoms with Gasteiger partial charge in [0.05, 0.1) is 0 Å². The molecule has 0 fully saturated rings. The van der Waals surface area contributed by atoms with Gasteiger partial charge >= 0.3 is 0 Å². The molecule has 0 saturated carbocycles. The fourth-order valence-corrected chi connectivity index (χ4v) is 3.60. The van der Waals surface area contributed by atoms with E-state index in [2.05, 4.69) is 34.1 Å². The van der Waals surface area contributed by atoms with Crippen LogP contribution >= 0.6 is 15.9 Å². The Balaban J connectivity index is 1.78. The van der Waals surface area contributed by atoms with Crippen LogP contribution in [0.3, 0.4) is 0 Å². The fraction of sp³-hybridized carbons (Fsp3) is 0.333. The second-order valence-electron chi connectivity index (χ2n) is 5.54. The van der Waals surface area contributed by atoms with Gasteiger partial charge in [-0.15, -0.1) is 0 Å². The molecule has 0 bridgehead atoms. The van der Waals surface area contributed by atoms with Gasteiger partial charge in [-0.1, -0.05) is 46.3 Å². The van der Waals surface area contributed by atoms with Gasteiger partial charge < -0.3 is 0 Å². The summed E-state index contributed by atoms with van der Waals surface area (Å²) in [5, 5.41) is 0. The lowest BCUT2D eigenvalue weighted by atomic mass is 9.89. The summed E-state index contributed by atoms with van der Waals surface area (Å²) in [6.07, 6.45) is 5.84. The summed E-state index contributed by atoms with van der Waals surface area (Å²) < 4.78 is 13.2. The van der Waals surface area contributed by atoms with Crippen molar-refractivity contribution in [3.05, 3.63) is 70.5 Å². The molecule has 104 valence electrons. The molecule has 1 aliphatic carbocycles. The maximum Gasteiger partial charge on any atom is 0.123 e. The molecule has 0 aromatic heterocycles. The van der Waals surface area contributed by atoms with Crippen LogP contribution in [0.4, 0.5) is 4.39 Å². The molecule has 0 nitrogen and oxygen atoms in total. The van der Waals surface area contributed by atoms with Crippen LogP contribution in [-0.4, -0.2) is 0 Å². The molecule has 3 rings (SSSR count). The van der Waals surface area contributed by atoms with E-state index < -0.39 is 0 Å². The third-order valence-corrected chi connectivity index (χ3v) is 4.89.